The lowest BCUT2D eigenvalue weighted by atomic mass is 9.77. The molecule has 1 fully saturated rings. The predicted molar refractivity (Wildman–Crippen MR) is 144 cm³/mol. The van der Waals surface area contributed by atoms with Crippen molar-refractivity contribution in [1.82, 2.24) is 4.90 Å². The van der Waals surface area contributed by atoms with E-state index in [1.165, 1.54) is 4.90 Å². The number of hydrogen-bond acceptors (Lipinski definition) is 6. The van der Waals surface area contributed by atoms with Gasteiger partial charge in [-0.3, -0.25) is 14.4 Å². The number of esters is 1. The summed E-state index contributed by atoms with van der Waals surface area (Å²) in [5, 5.41) is 0.495. The summed E-state index contributed by atoms with van der Waals surface area (Å²) >= 11 is 7.09. The average molecular weight is 542 g/mol. The SMILES string of the molecule is C[C@@H](O[Si](C)(C)C(C)(C)C)[C@H]1C(=O)N(CC(=O)OC(C)(C)C)[C@@H]1[C@@H](C)C(=O)Sc1ccc(Cl)cc1. The topological polar surface area (TPSA) is 72.9 Å². The summed E-state index contributed by atoms with van der Waals surface area (Å²) in [5.41, 5.74) is -0.662. The van der Waals surface area contributed by atoms with Crippen LogP contribution in [-0.4, -0.2) is 54.5 Å². The Bertz CT molecular complexity index is 939. The number of thioether (sulfide) groups is 1. The van der Waals surface area contributed by atoms with Crippen LogP contribution in [0.5, 0.6) is 0 Å². The summed E-state index contributed by atoms with van der Waals surface area (Å²) in [6.07, 6.45) is -0.376. The van der Waals surface area contributed by atoms with E-state index in [1.807, 2.05) is 13.8 Å². The second kappa shape index (κ2) is 10.9. The van der Waals surface area contributed by atoms with Gasteiger partial charge in [0.1, 0.15) is 12.1 Å². The number of hydrogen-bond donors (Lipinski definition) is 0. The normalized spacial score (nSPS) is 20.8. The van der Waals surface area contributed by atoms with Crippen molar-refractivity contribution in [2.24, 2.45) is 11.8 Å². The summed E-state index contributed by atoms with van der Waals surface area (Å²) < 4.78 is 12.0. The molecular formula is C26H40ClNO5SSi. The van der Waals surface area contributed by atoms with E-state index in [-0.39, 0.29) is 28.7 Å². The van der Waals surface area contributed by atoms with Crippen LogP contribution in [0.2, 0.25) is 23.2 Å². The van der Waals surface area contributed by atoms with Crippen molar-refractivity contribution in [2.75, 3.05) is 6.54 Å². The van der Waals surface area contributed by atoms with Gasteiger partial charge in [-0.25, -0.2) is 0 Å². The van der Waals surface area contributed by atoms with Gasteiger partial charge in [0.2, 0.25) is 5.91 Å². The highest BCUT2D eigenvalue weighted by atomic mass is 35.5. The number of β-lactam (4-membered cyclic amide) rings is 1. The third-order valence-corrected chi connectivity index (χ3v) is 12.6. The van der Waals surface area contributed by atoms with Gasteiger partial charge in [0.05, 0.1) is 18.1 Å². The van der Waals surface area contributed by atoms with Crippen molar-refractivity contribution in [3.05, 3.63) is 29.3 Å². The van der Waals surface area contributed by atoms with Crippen LogP contribution in [0.25, 0.3) is 0 Å². The number of likely N-dealkylation sites (tertiary alicyclic amines) is 1. The highest BCUT2D eigenvalue weighted by Gasteiger charge is 2.56. The van der Waals surface area contributed by atoms with Crippen molar-refractivity contribution < 1.29 is 23.5 Å². The fourth-order valence-electron chi connectivity index (χ4n) is 3.92. The average Bonchev–Trinajstić information content (AvgIpc) is 2.68. The maximum atomic E-state index is 13.3. The van der Waals surface area contributed by atoms with E-state index in [0.717, 1.165) is 16.7 Å². The van der Waals surface area contributed by atoms with Crippen LogP contribution in [0.3, 0.4) is 0 Å². The Kier molecular flexibility index (Phi) is 9.35. The molecule has 1 saturated heterocycles. The van der Waals surface area contributed by atoms with E-state index in [4.69, 9.17) is 20.8 Å². The van der Waals surface area contributed by atoms with Gasteiger partial charge in [-0.2, -0.15) is 0 Å². The van der Waals surface area contributed by atoms with Crippen LogP contribution in [0.1, 0.15) is 55.4 Å². The molecule has 0 aliphatic carbocycles. The van der Waals surface area contributed by atoms with Crippen molar-refractivity contribution in [3.63, 3.8) is 0 Å². The maximum absolute atomic E-state index is 13.3. The van der Waals surface area contributed by atoms with Crippen LogP contribution in [0.4, 0.5) is 0 Å². The zero-order valence-electron chi connectivity index (χ0n) is 22.6. The Hall–Kier alpha value is -1.35. The molecule has 1 aliphatic rings. The van der Waals surface area contributed by atoms with Crippen LogP contribution < -0.4 is 0 Å². The largest absolute Gasteiger partial charge is 0.459 e. The molecule has 4 atom stereocenters. The van der Waals surface area contributed by atoms with Gasteiger partial charge in [-0.15, -0.1) is 0 Å². The summed E-state index contributed by atoms with van der Waals surface area (Å²) in [4.78, 5) is 41.4. The fraction of sp³-hybridized carbons (Fsp3) is 0.654. The molecule has 2 rings (SSSR count). The molecule has 0 saturated carbocycles. The summed E-state index contributed by atoms with van der Waals surface area (Å²) in [6.45, 7) is 19.6. The quantitative estimate of drug-likeness (QED) is 0.169. The number of amides is 1. The van der Waals surface area contributed by atoms with Crippen LogP contribution in [0.15, 0.2) is 29.2 Å². The van der Waals surface area contributed by atoms with Gasteiger partial charge in [-0.1, -0.05) is 51.1 Å². The van der Waals surface area contributed by atoms with Gasteiger partial charge in [0.25, 0.3) is 0 Å². The molecule has 0 N–H and O–H groups in total. The summed E-state index contributed by atoms with van der Waals surface area (Å²) in [6, 6.07) is 6.61. The predicted octanol–water partition coefficient (Wildman–Crippen LogP) is 6.17. The third-order valence-electron chi connectivity index (χ3n) is 6.72. The second-order valence-electron chi connectivity index (χ2n) is 11.8. The molecule has 0 spiro atoms. The molecule has 6 nitrogen and oxygen atoms in total. The fourth-order valence-corrected chi connectivity index (χ4v) is 6.30. The first-order chi connectivity index (χ1) is 15.8. The van der Waals surface area contributed by atoms with Gasteiger partial charge in [0.15, 0.2) is 13.4 Å². The van der Waals surface area contributed by atoms with Crippen molar-refractivity contribution in [3.8, 4) is 0 Å². The number of benzene rings is 1. The van der Waals surface area contributed by atoms with E-state index in [9.17, 15) is 14.4 Å². The van der Waals surface area contributed by atoms with Gasteiger partial charge < -0.3 is 14.1 Å². The van der Waals surface area contributed by atoms with E-state index in [1.54, 1.807) is 45.0 Å². The van der Waals surface area contributed by atoms with Crippen LogP contribution >= 0.6 is 23.4 Å². The first kappa shape index (κ1) is 29.9. The lowest BCUT2D eigenvalue weighted by Crippen LogP contribution is -2.69. The molecule has 1 aliphatic heterocycles. The van der Waals surface area contributed by atoms with E-state index in [0.29, 0.717) is 5.02 Å². The Balaban J connectivity index is 2.27. The van der Waals surface area contributed by atoms with Crippen LogP contribution in [0, 0.1) is 11.8 Å². The molecule has 0 aromatic heterocycles. The van der Waals surface area contributed by atoms with E-state index < -0.39 is 37.8 Å². The molecule has 1 amide bonds. The number of rotatable bonds is 8. The standard InChI is InChI=1S/C26H40ClNO5SSi/c1-16(24(31)34-19-13-11-18(27)12-14-19)22-21(17(2)33-35(9,10)26(6,7)8)23(30)28(22)15-20(29)32-25(3,4)5/h11-14,16-17,21-22H,15H2,1-10H3/t16-,17-,21-,22-/m1/s1. The molecule has 0 bridgehead atoms. The smallest absolute Gasteiger partial charge is 0.326 e. The molecule has 1 aromatic carbocycles. The Morgan fingerprint density at radius 1 is 1.09 bits per heavy atom. The van der Waals surface area contributed by atoms with Gasteiger partial charge in [0, 0.05) is 15.8 Å². The minimum Gasteiger partial charge on any atom is -0.459 e. The molecule has 9 heteroatoms. The number of halogens is 1. The third kappa shape index (κ3) is 7.57. The minimum absolute atomic E-state index is 0.0222. The lowest BCUT2D eigenvalue weighted by molar-refractivity contribution is -0.178. The lowest BCUT2D eigenvalue weighted by Gasteiger charge is -2.52. The second-order valence-corrected chi connectivity index (χ2v) is 18.1. The molecule has 0 unspecified atom stereocenters. The number of ether oxygens (including phenoxy) is 1. The van der Waals surface area contributed by atoms with E-state index in [2.05, 4.69) is 33.9 Å². The minimum atomic E-state index is -2.15. The highest BCUT2D eigenvalue weighted by molar-refractivity contribution is 8.13. The Labute approximate surface area is 220 Å². The number of carbonyl (C=O) groups excluding carboxylic acids is 3. The maximum Gasteiger partial charge on any atom is 0.326 e. The first-order valence-electron chi connectivity index (χ1n) is 12.0. The number of carbonyl (C=O) groups is 3. The monoisotopic (exact) mass is 541 g/mol. The summed E-state index contributed by atoms with van der Waals surface area (Å²) in [5.74, 6) is -1.68. The van der Waals surface area contributed by atoms with Crippen molar-refractivity contribution >= 4 is 48.7 Å². The molecule has 0 radical (unpaired) electrons. The highest BCUT2D eigenvalue weighted by Crippen LogP contribution is 2.43. The zero-order chi connectivity index (χ0) is 26.9. The van der Waals surface area contributed by atoms with Gasteiger partial charge in [-0.05, 0) is 70.1 Å². The van der Waals surface area contributed by atoms with Gasteiger partial charge >= 0.3 is 5.97 Å². The number of nitrogens with zero attached hydrogens (tertiary/aromatic N) is 1. The van der Waals surface area contributed by atoms with Crippen LogP contribution in [-0.2, 0) is 23.5 Å². The Morgan fingerprint density at radius 2 is 1.63 bits per heavy atom. The van der Waals surface area contributed by atoms with E-state index >= 15 is 0 Å². The molecule has 35 heavy (non-hydrogen) atoms. The molecule has 1 heterocycles. The first-order valence-corrected chi connectivity index (χ1v) is 16.1. The molecule has 1 aromatic rings. The molecule has 196 valence electrons. The van der Waals surface area contributed by atoms with Crippen molar-refractivity contribution in [1.29, 1.82) is 0 Å². The Morgan fingerprint density at radius 3 is 2.11 bits per heavy atom. The van der Waals surface area contributed by atoms with Crippen molar-refractivity contribution in [2.45, 2.75) is 96.2 Å². The molecular weight excluding hydrogens is 502 g/mol. The summed E-state index contributed by atoms with van der Waals surface area (Å²) in [7, 11) is -2.15. The zero-order valence-corrected chi connectivity index (χ0v) is 25.2.